The molecule has 0 unspecified atom stereocenters. The molecule has 0 aromatic heterocycles. The molecule has 0 aliphatic rings. The molecule has 5 heteroatoms. The second-order valence-electron chi connectivity index (χ2n) is 4.98. The normalized spacial score (nSPS) is 10.4. The van der Waals surface area contributed by atoms with Gasteiger partial charge in [0.05, 0.1) is 20.8 Å². The minimum atomic E-state index is 0.573. The van der Waals surface area contributed by atoms with Crippen LogP contribution < -0.4 is 19.5 Å². The number of hydrogen-bond donors (Lipinski definition) is 1. The van der Waals surface area contributed by atoms with Gasteiger partial charge in [-0.15, -0.1) is 0 Å². The highest BCUT2D eigenvalue weighted by Crippen LogP contribution is 2.34. The summed E-state index contributed by atoms with van der Waals surface area (Å²) in [6.07, 6.45) is 0. The molecule has 2 aromatic rings. The van der Waals surface area contributed by atoms with Gasteiger partial charge in [-0.3, -0.25) is 0 Å². The molecule has 4 nitrogen and oxygen atoms in total. The fraction of sp³-hybridized carbons (Fsp3) is 0.333. The maximum atomic E-state index is 6.15. The van der Waals surface area contributed by atoms with Gasteiger partial charge in [-0.25, -0.2) is 0 Å². The van der Waals surface area contributed by atoms with E-state index in [0.29, 0.717) is 23.9 Å². The van der Waals surface area contributed by atoms with Crippen LogP contribution in [0, 0.1) is 0 Å². The van der Waals surface area contributed by atoms with Crippen molar-refractivity contribution >= 4 is 11.6 Å². The third-order valence-electron chi connectivity index (χ3n) is 3.41. The number of benzene rings is 2. The first-order chi connectivity index (χ1) is 11.2. The van der Waals surface area contributed by atoms with Gasteiger partial charge in [0.2, 0.25) is 0 Å². The SMILES string of the molecule is CCOc1c(CNCc2ccc(OC)cc2)cc(Cl)cc1OC. The largest absolute Gasteiger partial charge is 0.497 e. The average Bonchev–Trinajstić information content (AvgIpc) is 2.57. The van der Waals surface area contributed by atoms with Crippen LogP contribution in [0.2, 0.25) is 5.02 Å². The smallest absolute Gasteiger partial charge is 0.165 e. The number of nitrogens with one attached hydrogen (secondary N) is 1. The second-order valence-corrected chi connectivity index (χ2v) is 5.42. The minimum Gasteiger partial charge on any atom is -0.497 e. The van der Waals surface area contributed by atoms with Crippen LogP contribution in [0.5, 0.6) is 17.2 Å². The number of rotatable bonds is 8. The van der Waals surface area contributed by atoms with Crippen molar-refractivity contribution < 1.29 is 14.2 Å². The average molecular weight is 336 g/mol. The van der Waals surface area contributed by atoms with Crippen LogP contribution in [0.1, 0.15) is 18.1 Å². The molecule has 23 heavy (non-hydrogen) atoms. The lowest BCUT2D eigenvalue weighted by atomic mass is 10.1. The first-order valence-electron chi connectivity index (χ1n) is 7.50. The predicted octanol–water partition coefficient (Wildman–Crippen LogP) is 4.05. The summed E-state index contributed by atoms with van der Waals surface area (Å²) in [5.41, 5.74) is 2.16. The van der Waals surface area contributed by atoms with Crippen LogP contribution in [0.15, 0.2) is 36.4 Å². The van der Waals surface area contributed by atoms with Gasteiger partial charge < -0.3 is 19.5 Å². The van der Waals surface area contributed by atoms with Crippen LogP contribution in [0.25, 0.3) is 0 Å². The molecule has 0 fully saturated rings. The first-order valence-corrected chi connectivity index (χ1v) is 7.88. The number of hydrogen-bond acceptors (Lipinski definition) is 4. The van der Waals surface area contributed by atoms with Crippen LogP contribution in [-0.2, 0) is 13.1 Å². The minimum absolute atomic E-state index is 0.573. The zero-order chi connectivity index (χ0) is 16.7. The maximum Gasteiger partial charge on any atom is 0.165 e. The Labute approximate surface area is 142 Å². The van der Waals surface area contributed by atoms with Crippen LogP contribution >= 0.6 is 11.6 Å². The Morgan fingerprint density at radius 2 is 1.74 bits per heavy atom. The van der Waals surface area contributed by atoms with Gasteiger partial charge in [-0.05, 0) is 30.7 Å². The maximum absolute atomic E-state index is 6.15. The van der Waals surface area contributed by atoms with E-state index in [4.69, 9.17) is 25.8 Å². The van der Waals surface area contributed by atoms with Gasteiger partial charge in [-0.1, -0.05) is 23.7 Å². The van der Waals surface area contributed by atoms with Gasteiger partial charge in [0.15, 0.2) is 11.5 Å². The van der Waals surface area contributed by atoms with Crippen LogP contribution in [-0.4, -0.2) is 20.8 Å². The molecular weight excluding hydrogens is 314 g/mol. The van der Waals surface area contributed by atoms with Gasteiger partial charge in [0.1, 0.15) is 5.75 Å². The van der Waals surface area contributed by atoms with Crippen molar-refractivity contribution in [3.63, 3.8) is 0 Å². The molecule has 0 aliphatic heterocycles. The first kappa shape index (κ1) is 17.4. The van der Waals surface area contributed by atoms with E-state index < -0.39 is 0 Å². The highest BCUT2D eigenvalue weighted by atomic mass is 35.5. The monoisotopic (exact) mass is 335 g/mol. The quantitative estimate of drug-likeness (QED) is 0.790. The van der Waals surface area contributed by atoms with Crippen molar-refractivity contribution in [3.8, 4) is 17.2 Å². The summed E-state index contributed by atoms with van der Waals surface area (Å²) < 4.78 is 16.2. The molecule has 0 saturated heterocycles. The molecule has 0 bridgehead atoms. The van der Waals surface area contributed by atoms with E-state index in [1.54, 1.807) is 20.3 Å². The highest BCUT2D eigenvalue weighted by Gasteiger charge is 2.12. The highest BCUT2D eigenvalue weighted by molar-refractivity contribution is 6.30. The van der Waals surface area contributed by atoms with Crippen LogP contribution in [0.3, 0.4) is 0 Å². The van der Waals surface area contributed by atoms with Gasteiger partial charge in [0.25, 0.3) is 0 Å². The number of methoxy groups -OCH3 is 2. The van der Waals surface area contributed by atoms with E-state index in [0.717, 1.165) is 23.6 Å². The molecule has 0 aliphatic carbocycles. The second kappa shape index (κ2) is 8.65. The molecule has 2 rings (SSSR count). The van der Waals surface area contributed by atoms with Crippen molar-refractivity contribution in [1.82, 2.24) is 5.32 Å². The lowest BCUT2D eigenvalue weighted by Crippen LogP contribution is -2.14. The van der Waals surface area contributed by atoms with Crippen molar-refractivity contribution in [2.75, 3.05) is 20.8 Å². The van der Waals surface area contributed by atoms with Gasteiger partial charge in [-0.2, -0.15) is 0 Å². The third-order valence-corrected chi connectivity index (χ3v) is 3.63. The van der Waals surface area contributed by atoms with E-state index in [1.807, 2.05) is 37.3 Å². The summed E-state index contributed by atoms with van der Waals surface area (Å²) in [5.74, 6) is 2.24. The Kier molecular flexibility index (Phi) is 6.56. The summed E-state index contributed by atoms with van der Waals surface area (Å²) in [6.45, 7) is 3.90. The summed E-state index contributed by atoms with van der Waals surface area (Å²) in [4.78, 5) is 0. The molecule has 0 atom stereocenters. The molecule has 1 N–H and O–H groups in total. The van der Waals surface area contributed by atoms with E-state index in [1.165, 1.54) is 5.56 Å². The Hall–Kier alpha value is -1.91. The van der Waals surface area contributed by atoms with Crippen molar-refractivity contribution in [2.24, 2.45) is 0 Å². The topological polar surface area (TPSA) is 39.7 Å². The van der Waals surface area contributed by atoms with Crippen LogP contribution in [0.4, 0.5) is 0 Å². The van der Waals surface area contributed by atoms with Gasteiger partial charge in [0, 0.05) is 29.7 Å². The Morgan fingerprint density at radius 1 is 1.00 bits per heavy atom. The van der Waals surface area contributed by atoms with E-state index in [-0.39, 0.29) is 0 Å². The van der Waals surface area contributed by atoms with E-state index in [9.17, 15) is 0 Å². The van der Waals surface area contributed by atoms with Crippen molar-refractivity contribution in [2.45, 2.75) is 20.0 Å². The zero-order valence-electron chi connectivity index (χ0n) is 13.7. The molecular formula is C18H22ClNO3. The summed E-state index contributed by atoms with van der Waals surface area (Å²) in [5, 5.41) is 4.03. The lowest BCUT2D eigenvalue weighted by molar-refractivity contribution is 0.307. The fourth-order valence-electron chi connectivity index (χ4n) is 2.30. The molecule has 0 amide bonds. The molecule has 2 aromatic carbocycles. The molecule has 0 spiro atoms. The summed E-state index contributed by atoms with van der Waals surface area (Å²) in [6, 6.07) is 11.6. The van der Waals surface area contributed by atoms with Crippen molar-refractivity contribution in [3.05, 3.63) is 52.5 Å². The predicted molar refractivity (Wildman–Crippen MR) is 92.7 cm³/mol. The molecule has 0 saturated carbocycles. The molecule has 0 radical (unpaired) electrons. The summed E-state index contributed by atoms with van der Waals surface area (Å²) >= 11 is 6.15. The van der Waals surface area contributed by atoms with E-state index in [2.05, 4.69) is 5.32 Å². The molecule has 124 valence electrons. The Balaban J connectivity index is 2.05. The standard InChI is InChI=1S/C18H22ClNO3/c1-4-23-18-14(9-15(19)10-17(18)22-3)12-20-11-13-5-7-16(21-2)8-6-13/h5-10,20H,4,11-12H2,1-3H3. The van der Waals surface area contributed by atoms with Crippen molar-refractivity contribution in [1.29, 1.82) is 0 Å². The number of ether oxygens (including phenoxy) is 3. The molecule has 0 heterocycles. The van der Waals surface area contributed by atoms with E-state index >= 15 is 0 Å². The lowest BCUT2D eigenvalue weighted by Gasteiger charge is -2.15. The zero-order valence-corrected chi connectivity index (χ0v) is 14.4. The van der Waals surface area contributed by atoms with Gasteiger partial charge >= 0.3 is 0 Å². The Bertz CT molecular complexity index is 629. The third kappa shape index (κ3) is 4.78. The summed E-state index contributed by atoms with van der Waals surface area (Å²) in [7, 11) is 3.28. The Morgan fingerprint density at radius 3 is 2.35 bits per heavy atom. The number of halogens is 1. The fourth-order valence-corrected chi connectivity index (χ4v) is 2.53.